The first-order valence-corrected chi connectivity index (χ1v) is 12.9. The third-order valence-electron chi connectivity index (χ3n) is 9.64. The number of pyridine rings is 1. The van der Waals surface area contributed by atoms with Gasteiger partial charge in [0.25, 0.3) is 0 Å². The minimum atomic E-state index is -0.529. The van der Waals surface area contributed by atoms with Crippen LogP contribution in [-0.4, -0.2) is 35.2 Å². The van der Waals surface area contributed by atoms with Crippen LogP contribution in [0.1, 0.15) is 95.5 Å². The van der Waals surface area contributed by atoms with Gasteiger partial charge in [-0.05, 0) is 105 Å². The fraction of sp³-hybridized carbons (Fsp3) is 0.786. The Kier molecular flexibility index (Phi) is 6.85. The van der Waals surface area contributed by atoms with E-state index in [-0.39, 0.29) is 22.5 Å². The Morgan fingerprint density at radius 1 is 1.19 bits per heavy atom. The number of rotatable bonds is 7. The van der Waals surface area contributed by atoms with E-state index in [1.165, 1.54) is 19.3 Å². The Morgan fingerprint density at radius 3 is 2.69 bits per heavy atom. The molecule has 0 radical (unpaired) electrons. The number of ketones is 1. The largest absolute Gasteiger partial charge is 0.390 e. The monoisotopic (exact) mass is 441 g/mol. The van der Waals surface area contributed by atoms with E-state index in [4.69, 9.17) is 4.74 Å². The van der Waals surface area contributed by atoms with Gasteiger partial charge in [0.2, 0.25) is 0 Å². The van der Waals surface area contributed by atoms with Gasteiger partial charge in [0, 0.05) is 19.2 Å². The summed E-state index contributed by atoms with van der Waals surface area (Å²) in [5.74, 6) is 2.14. The summed E-state index contributed by atoms with van der Waals surface area (Å²) in [4.78, 5) is 18.0. The lowest BCUT2D eigenvalue weighted by molar-refractivity contribution is -0.162. The third kappa shape index (κ3) is 4.30. The molecule has 1 aromatic rings. The maximum atomic E-state index is 13.6. The maximum Gasteiger partial charge on any atom is 0.184 e. The van der Waals surface area contributed by atoms with Crippen molar-refractivity contribution in [2.24, 2.45) is 34.5 Å². The number of ether oxygens (including phenoxy) is 1. The van der Waals surface area contributed by atoms with Crippen LogP contribution in [0.4, 0.5) is 0 Å². The number of Topliss-reactive ketones (excluding diaryl/α,β-unsaturated/α-hetero) is 1. The molecular weight excluding hydrogens is 398 g/mol. The van der Waals surface area contributed by atoms with Crippen molar-refractivity contribution in [3.05, 3.63) is 30.1 Å². The topological polar surface area (TPSA) is 59.4 Å². The Hall–Kier alpha value is -1.26. The van der Waals surface area contributed by atoms with Gasteiger partial charge in [0.1, 0.15) is 5.69 Å². The minimum Gasteiger partial charge on any atom is -0.390 e. The Bertz CT molecular complexity index is 793. The third-order valence-corrected chi connectivity index (χ3v) is 9.64. The van der Waals surface area contributed by atoms with Gasteiger partial charge >= 0.3 is 0 Å². The predicted octanol–water partition coefficient (Wildman–Crippen LogP) is 6.08. The number of methoxy groups -OCH3 is 1. The number of carbonyl (C=O) groups excluding carboxylic acids is 1. The second-order valence-electron chi connectivity index (χ2n) is 11.8. The highest BCUT2D eigenvalue weighted by atomic mass is 16.5. The summed E-state index contributed by atoms with van der Waals surface area (Å²) < 4.78 is 5.85. The molecule has 1 aromatic heterocycles. The fourth-order valence-electron chi connectivity index (χ4n) is 8.11. The lowest BCUT2D eigenvalue weighted by Crippen LogP contribution is -2.57. The standard InChI is InChI=1S/C28H43NO3/c1-5-8-23(25(30)24-9-6-7-16-29-24)26(2)13-12-22-20(17-26)10-11-21-18-27(3,31)14-15-28(21,22)19-32-4/h6-7,9,16,20-23,31H,5,8,10-15,17-19H2,1-4H3/t20-,21-,22-,23+,26-,27+,28+/m0/s1. The van der Waals surface area contributed by atoms with Gasteiger partial charge in [-0.3, -0.25) is 9.78 Å². The van der Waals surface area contributed by atoms with Crippen LogP contribution in [0.5, 0.6) is 0 Å². The SMILES string of the molecule is CCC[C@H](C(=O)c1ccccn1)[C@@]1(C)CC[C@H]2[C@@H](CC[C@H]3C[C@](C)(O)CC[C@@]32COC)C1. The Morgan fingerprint density at radius 2 is 2.00 bits per heavy atom. The first-order valence-electron chi connectivity index (χ1n) is 12.9. The van der Waals surface area contributed by atoms with Crippen LogP contribution in [-0.2, 0) is 4.74 Å². The van der Waals surface area contributed by atoms with Crippen molar-refractivity contribution >= 4 is 5.78 Å². The summed E-state index contributed by atoms with van der Waals surface area (Å²) in [6.07, 6.45) is 12.4. The Labute approximate surface area is 194 Å². The molecule has 7 atom stereocenters. The molecule has 3 aliphatic carbocycles. The first kappa shape index (κ1) is 23.9. The molecule has 4 rings (SSSR count). The molecule has 3 aliphatic rings. The summed E-state index contributed by atoms with van der Waals surface area (Å²) in [6.45, 7) is 7.41. The van der Waals surface area contributed by atoms with Gasteiger partial charge in [-0.15, -0.1) is 0 Å². The predicted molar refractivity (Wildman–Crippen MR) is 127 cm³/mol. The van der Waals surface area contributed by atoms with Gasteiger partial charge in [0.15, 0.2) is 5.78 Å². The van der Waals surface area contributed by atoms with Crippen LogP contribution in [0.25, 0.3) is 0 Å². The van der Waals surface area contributed by atoms with Crippen LogP contribution in [0.3, 0.4) is 0 Å². The van der Waals surface area contributed by atoms with Gasteiger partial charge < -0.3 is 9.84 Å². The lowest BCUT2D eigenvalue weighted by Gasteiger charge is -2.61. The number of fused-ring (bicyclic) bond motifs is 3. The summed E-state index contributed by atoms with van der Waals surface area (Å²) in [5.41, 5.74) is 0.335. The lowest BCUT2D eigenvalue weighted by atomic mass is 9.45. The molecule has 1 N–H and O–H groups in total. The zero-order valence-corrected chi connectivity index (χ0v) is 20.6. The summed E-state index contributed by atoms with van der Waals surface area (Å²) in [5, 5.41) is 10.8. The van der Waals surface area contributed by atoms with Gasteiger partial charge in [0.05, 0.1) is 12.2 Å². The summed E-state index contributed by atoms with van der Waals surface area (Å²) in [6, 6.07) is 5.69. The van der Waals surface area contributed by atoms with Crippen molar-refractivity contribution in [1.82, 2.24) is 4.98 Å². The fourth-order valence-corrected chi connectivity index (χ4v) is 8.11. The number of nitrogens with zero attached hydrogens (tertiary/aromatic N) is 1. The molecule has 0 saturated heterocycles. The molecular formula is C28H43NO3. The highest BCUT2D eigenvalue weighted by molar-refractivity contribution is 5.96. The van der Waals surface area contributed by atoms with Gasteiger partial charge in [-0.25, -0.2) is 0 Å². The molecule has 4 nitrogen and oxygen atoms in total. The number of hydrogen-bond acceptors (Lipinski definition) is 4. The van der Waals surface area contributed by atoms with E-state index in [0.717, 1.165) is 51.6 Å². The van der Waals surface area contributed by atoms with Gasteiger partial charge in [-0.2, -0.15) is 0 Å². The zero-order valence-electron chi connectivity index (χ0n) is 20.6. The number of aliphatic hydroxyl groups is 1. The molecule has 3 saturated carbocycles. The molecule has 0 aliphatic heterocycles. The van der Waals surface area contributed by atoms with E-state index in [2.05, 4.69) is 18.8 Å². The first-order chi connectivity index (χ1) is 15.2. The van der Waals surface area contributed by atoms with Crippen molar-refractivity contribution in [1.29, 1.82) is 0 Å². The smallest absolute Gasteiger partial charge is 0.184 e. The summed E-state index contributed by atoms with van der Waals surface area (Å²) in [7, 11) is 1.85. The highest BCUT2D eigenvalue weighted by Gasteiger charge is 2.58. The van der Waals surface area contributed by atoms with Crippen LogP contribution in [0.15, 0.2) is 24.4 Å². The van der Waals surface area contributed by atoms with E-state index in [9.17, 15) is 9.90 Å². The quantitative estimate of drug-likeness (QED) is 0.521. The second-order valence-corrected chi connectivity index (χ2v) is 11.8. The van der Waals surface area contributed by atoms with Crippen LogP contribution in [0, 0.1) is 34.5 Å². The van der Waals surface area contributed by atoms with Crippen molar-refractivity contribution in [3.8, 4) is 0 Å². The van der Waals surface area contributed by atoms with E-state index < -0.39 is 5.60 Å². The maximum absolute atomic E-state index is 13.6. The molecule has 0 spiro atoms. The molecule has 3 fully saturated rings. The molecule has 1 heterocycles. The summed E-state index contributed by atoms with van der Waals surface area (Å²) >= 11 is 0. The second kappa shape index (κ2) is 9.18. The van der Waals surface area contributed by atoms with Crippen LogP contribution < -0.4 is 0 Å². The zero-order chi connectivity index (χ0) is 23.0. The average Bonchev–Trinajstić information content (AvgIpc) is 2.77. The normalized spacial score (nSPS) is 40.2. The molecule has 0 bridgehead atoms. The molecule has 4 heteroatoms. The van der Waals surface area contributed by atoms with E-state index in [1.54, 1.807) is 6.20 Å². The molecule has 0 amide bonds. The van der Waals surface area contributed by atoms with E-state index >= 15 is 0 Å². The van der Waals surface area contributed by atoms with E-state index in [1.807, 2.05) is 32.2 Å². The van der Waals surface area contributed by atoms with E-state index in [0.29, 0.717) is 23.4 Å². The van der Waals surface area contributed by atoms with Crippen molar-refractivity contribution < 1.29 is 14.6 Å². The number of carbonyl (C=O) groups is 1. The average molecular weight is 442 g/mol. The van der Waals surface area contributed by atoms with Crippen LogP contribution in [0.2, 0.25) is 0 Å². The minimum absolute atomic E-state index is 0.0348. The molecule has 0 unspecified atom stereocenters. The number of aromatic nitrogens is 1. The number of hydrogen-bond donors (Lipinski definition) is 1. The molecule has 0 aromatic carbocycles. The highest BCUT2D eigenvalue weighted by Crippen LogP contribution is 2.63. The Balaban J connectivity index is 1.58. The van der Waals surface area contributed by atoms with Crippen molar-refractivity contribution in [3.63, 3.8) is 0 Å². The molecule has 32 heavy (non-hydrogen) atoms. The van der Waals surface area contributed by atoms with Crippen LogP contribution >= 0.6 is 0 Å². The van der Waals surface area contributed by atoms with Crippen molar-refractivity contribution in [2.45, 2.75) is 90.6 Å². The molecule has 178 valence electrons. The van der Waals surface area contributed by atoms with Gasteiger partial charge in [-0.1, -0.05) is 26.3 Å². The van der Waals surface area contributed by atoms with Crippen molar-refractivity contribution in [2.75, 3.05) is 13.7 Å².